The molecule has 0 N–H and O–H groups in total. The molecule has 7 heteroatoms. The van der Waals surface area contributed by atoms with Gasteiger partial charge in [-0.2, -0.15) is 0 Å². The molecular formula is C24H22N2O5. The number of benzene rings is 3. The van der Waals surface area contributed by atoms with Crippen LogP contribution in [0.3, 0.4) is 0 Å². The smallest absolute Gasteiger partial charge is 0.314 e. The summed E-state index contributed by atoms with van der Waals surface area (Å²) >= 11 is 0. The number of carbonyl (C=O) groups is 1. The molecule has 0 unspecified atom stereocenters. The van der Waals surface area contributed by atoms with E-state index in [1.807, 2.05) is 60.7 Å². The van der Waals surface area contributed by atoms with Crippen molar-refractivity contribution >= 4 is 17.3 Å². The van der Waals surface area contributed by atoms with Crippen LogP contribution in [-0.2, 0) is 14.4 Å². The number of hydrogen-bond donors (Lipinski definition) is 0. The molecule has 1 fully saturated rings. The first-order valence-corrected chi connectivity index (χ1v) is 10.1. The Morgan fingerprint density at radius 3 is 2.29 bits per heavy atom. The number of non-ortho nitro benzene ring substituents is 1. The van der Waals surface area contributed by atoms with Crippen LogP contribution in [0.2, 0.25) is 0 Å². The van der Waals surface area contributed by atoms with Gasteiger partial charge in [0.25, 0.3) is 5.69 Å². The molecule has 0 spiro atoms. The molecule has 3 atom stereocenters. The number of nitrogens with zero attached hydrogens (tertiary/aromatic N) is 2. The van der Waals surface area contributed by atoms with Gasteiger partial charge in [-0.25, -0.2) is 5.06 Å². The van der Waals surface area contributed by atoms with E-state index in [1.54, 1.807) is 24.1 Å². The van der Waals surface area contributed by atoms with Gasteiger partial charge in [0.2, 0.25) is 0 Å². The van der Waals surface area contributed by atoms with Crippen LogP contribution in [0.25, 0.3) is 0 Å². The lowest BCUT2D eigenvalue weighted by Crippen LogP contribution is -2.30. The Kier molecular flexibility index (Phi) is 5.95. The molecule has 0 aromatic heterocycles. The molecule has 1 saturated heterocycles. The maximum absolute atomic E-state index is 13.1. The number of hydrogen-bond acceptors (Lipinski definition) is 6. The number of rotatable bonds is 6. The number of nitro benzene ring substituents is 1. The van der Waals surface area contributed by atoms with Crippen molar-refractivity contribution in [3.05, 3.63) is 106 Å². The normalized spacial score (nSPS) is 20.4. The average molecular weight is 418 g/mol. The molecule has 31 heavy (non-hydrogen) atoms. The van der Waals surface area contributed by atoms with Crippen LogP contribution in [0.15, 0.2) is 84.9 Å². The predicted octanol–water partition coefficient (Wildman–Crippen LogP) is 5.01. The summed E-state index contributed by atoms with van der Waals surface area (Å²) in [6.07, 6.45) is -0.607. The Morgan fingerprint density at radius 1 is 1.00 bits per heavy atom. The zero-order chi connectivity index (χ0) is 21.8. The first-order valence-electron chi connectivity index (χ1n) is 10.1. The van der Waals surface area contributed by atoms with Gasteiger partial charge in [0, 0.05) is 12.1 Å². The maximum atomic E-state index is 13.1. The summed E-state index contributed by atoms with van der Waals surface area (Å²) in [5.41, 5.74) is 2.13. The van der Waals surface area contributed by atoms with Gasteiger partial charge in [0.15, 0.2) is 0 Å². The van der Waals surface area contributed by atoms with Crippen molar-refractivity contribution in [3.8, 4) is 0 Å². The summed E-state index contributed by atoms with van der Waals surface area (Å²) in [6, 6.07) is 24.6. The van der Waals surface area contributed by atoms with Gasteiger partial charge in [-0.3, -0.25) is 19.7 Å². The number of esters is 1. The van der Waals surface area contributed by atoms with Crippen LogP contribution in [0.1, 0.15) is 30.2 Å². The summed E-state index contributed by atoms with van der Waals surface area (Å²) in [7, 11) is 0. The Hall–Kier alpha value is -3.71. The largest absolute Gasteiger partial charge is 0.466 e. The molecule has 0 bridgehead atoms. The quantitative estimate of drug-likeness (QED) is 0.318. The first kappa shape index (κ1) is 20.6. The van der Waals surface area contributed by atoms with Gasteiger partial charge in [-0.1, -0.05) is 60.7 Å². The lowest BCUT2D eigenvalue weighted by Gasteiger charge is -2.26. The van der Waals surface area contributed by atoms with Crippen LogP contribution in [-0.4, -0.2) is 17.5 Å². The topological polar surface area (TPSA) is 81.9 Å². The van der Waals surface area contributed by atoms with E-state index in [0.717, 1.165) is 11.3 Å². The van der Waals surface area contributed by atoms with Gasteiger partial charge >= 0.3 is 5.97 Å². The highest BCUT2D eigenvalue weighted by atomic mass is 16.7. The molecule has 1 heterocycles. The van der Waals surface area contributed by atoms with Crippen molar-refractivity contribution in [1.82, 2.24) is 0 Å². The van der Waals surface area contributed by atoms with Crippen LogP contribution in [0, 0.1) is 16.0 Å². The fourth-order valence-electron chi connectivity index (χ4n) is 3.93. The molecule has 1 aliphatic rings. The highest BCUT2D eigenvalue weighted by molar-refractivity contribution is 5.76. The Balaban J connectivity index is 1.87. The molecule has 0 amide bonds. The molecule has 7 nitrogen and oxygen atoms in total. The van der Waals surface area contributed by atoms with Gasteiger partial charge in [0.1, 0.15) is 12.0 Å². The highest BCUT2D eigenvalue weighted by Crippen LogP contribution is 2.49. The minimum absolute atomic E-state index is 0.0451. The third-order valence-electron chi connectivity index (χ3n) is 5.27. The Morgan fingerprint density at radius 2 is 1.65 bits per heavy atom. The summed E-state index contributed by atoms with van der Waals surface area (Å²) < 4.78 is 5.41. The van der Waals surface area contributed by atoms with Crippen molar-refractivity contribution in [1.29, 1.82) is 0 Å². The number of ether oxygens (including phenoxy) is 1. The zero-order valence-electron chi connectivity index (χ0n) is 17.0. The summed E-state index contributed by atoms with van der Waals surface area (Å²) in [4.78, 5) is 30.4. The van der Waals surface area contributed by atoms with Crippen molar-refractivity contribution in [2.75, 3.05) is 11.7 Å². The lowest BCUT2D eigenvalue weighted by atomic mass is 9.86. The van der Waals surface area contributed by atoms with E-state index < -0.39 is 29.0 Å². The molecule has 4 rings (SSSR count). The van der Waals surface area contributed by atoms with Gasteiger partial charge in [-0.15, -0.1) is 0 Å². The number of nitro groups is 1. The fourth-order valence-corrected chi connectivity index (χ4v) is 3.93. The van der Waals surface area contributed by atoms with E-state index >= 15 is 0 Å². The molecule has 0 aliphatic carbocycles. The summed E-state index contributed by atoms with van der Waals surface area (Å²) in [6.45, 7) is 1.98. The second-order valence-corrected chi connectivity index (χ2v) is 7.17. The standard InChI is InChI=1S/C24H22N2O5/c1-2-30-24(27)21-22(18-12-9-15-20(16-18)26(28)29)25(19-13-7-4-8-14-19)31-23(21)17-10-5-3-6-11-17/h3-16,21-23H,2H2,1H3/t21-,22-,23+/m1/s1. The van der Waals surface area contributed by atoms with Gasteiger partial charge in [-0.05, 0) is 30.2 Å². The van der Waals surface area contributed by atoms with E-state index in [2.05, 4.69) is 0 Å². The first-order chi connectivity index (χ1) is 15.1. The Labute approximate surface area is 179 Å². The third kappa shape index (κ3) is 4.13. The Bertz CT molecular complexity index is 1060. The minimum Gasteiger partial charge on any atom is -0.466 e. The van der Waals surface area contributed by atoms with E-state index in [-0.39, 0.29) is 12.3 Å². The lowest BCUT2D eigenvalue weighted by molar-refractivity contribution is -0.384. The van der Waals surface area contributed by atoms with E-state index in [1.165, 1.54) is 12.1 Å². The molecular weight excluding hydrogens is 396 g/mol. The summed E-state index contributed by atoms with van der Waals surface area (Å²) in [5, 5.41) is 13.1. The van der Waals surface area contributed by atoms with E-state index in [0.29, 0.717) is 5.56 Å². The number of para-hydroxylation sites is 1. The second-order valence-electron chi connectivity index (χ2n) is 7.17. The monoisotopic (exact) mass is 418 g/mol. The van der Waals surface area contributed by atoms with Gasteiger partial charge in [0.05, 0.1) is 23.3 Å². The maximum Gasteiger partial charge on any atom is 0.314 e. The SMILES string of the molecule is CCOC(=O)[C@@H]1[C@@H](c2cccc([N+](=O)[O-])c2)N(c2ccccc2)O[C@H]1c1ccccc1. The molecule has 3 aromatic rings. The van der Waals surface area contributed by atoms with Crippen molar-refractivity contribution in [2.24, 2.45) is 5.92 Å². The van der Waals surface area contributed by atoms with Crippen molar-refractivity contribution in [2.45, 2.75) is 19.1 Å². The van der Waals surface area contributed by atoms with Crippen molar-refractivity contribution in [3.63, 3.8) is 0 Å². The molecule has 1 aliphatic heterocycles. The van der Waals surface area contributed by atoms with E-state index in [4.69, 9.17) is 9.57 Å². The van der Waals surface area contributed by atoms with Crippen LogP contribution in [0.5, 0.6) is 0 Å². The fraction of sp³-hybridized carbons (Fsp3) is 0.208. The molecule has 3 aromatic carbocycles. The predicted molar refractivity (Wildman–Crippen MR) is 115 cm³/mol. The zero-order valence-corrected chi connectivity index (χ0v) is 17.0. The molecule has 0 radical (unpaired) electrons. The molecule has 0 saturated carbocycles. The molecule has 158 valence electrons. The summed E-state index contributed by atoms with van der Waals surface area (Å²) in [5.74, 6) is -1.13. The van der Waals surface area contributed by atoms with Gasteiger partial charge < -0.3 is 4.74 Å². The minimum atomic E-state index is -0.718. The van der Waals surface area contributed by atoms with Crippen LogP contribution >= 0.6 is 0 Å². The number of anilines is 1. The van der Waals surface area contributed by atoms with Crippen LogP contribution < -0.4 is 5.06 Å². The third-order valence-corrected chi connectivity index (χ3v) is 5.27. The van der Waals surface area contributed by atoms with E-state index in [9.17, 15) is 14.9 Å². The number of hydroxylamine groups is 1. The average Bonchev–Trinajstić information content (AvgIpc) is 3.21. The van der Waals surface area contributed by atoms with Crippen molar-refractivity contribution < 1.29 is 19.3 Å². The van der Waals surface area contributed by atoms with Crippen LogP contribution in [0.4, 0.5) is 11.4 Å². The highest BCUT2D eigenvalue weighted by Gasteiger charge is 2.50. The number of carbonyl (C=O) groups excluding carboxylic acids is 1. The second kappa shape index (κ2) is 8.97.